The van der Waals surface area contributed by atoms with Crippen LogP contribution in [-0.4, -0.2) is 58.6 Å². The van der Waals surface area contributed by atoms with Gasteiger partial charge >= 0.3 is 6.09 Å². The molecule has 0 unspecified atom stereocenters. The first-order chi connectivity index (χ1) is 19.0. The molecule has 0 bridgehead atoms. The van der Waals surface area contributed by atoms with E-state index in [1.165, 1.54) is 16.7 Å². The summed E-state index contributed by atoms with van der Waals surface area (Å²) >= 11 is 13.9. The zero-order valence-corrected chi connectivity index (χ0v) is 27.4. The summed E-state index contributed by atoms with van der Waals surface area (Å²) in [5.74, 6) is 1.11. The van der Waals surface area contributed by atoms with Crippen LogP contribution < -0.4 is 0 Å². The average molecular weight is 697 g/mol. The van der Waals surface area contributed by atoms with E-state index in [2.05, 4.69) is 48.9 Å². The number of piperidine rings is 2. The van der Waals surface area contributed by atoms with Gasteiger partial charge in [0.05, 0.1) is 5.69 Å². The van der Waals surface area contributed by atoms with Gasteiger partial charge in [-0.05, 0) is 122 Å². The van der Waals surface area contributed by atoms with E-state index in [0.717, 1.165) is 71.3 Å². The van der Waals surface area contributed by atoms with E-state index in [1.54, 1.807) is 4.90 Å². The Hall–Kier alpha value is -1.64. The lowest BCUT2D eigenvalue weighted by molar-refractivity contribution is -0.134. The first-order valence-electron chi connectivity index (χ1n) is 14.4. The molecule has 5 rings (SSSR count). The van der Waals surface area contributed by atoms with Crippen molar-refractivity contribution in [3.8, 4) is 0 Å². The van der Waals surface area contributed by atoms with Crippen LogP contribution in [0, 0.1) is 11.8 Å². The summed E-state index contributed by atoms with van der Waals surface area (Å²) in [5, 5.41) is 0.752. The molecule has 0 radical (unpaired) electrons. The fourth-order valence-electron chi connectivity index (χ4n) is 6.53. The minimum absolute atomic E-state index is 0.168. The minimum atomic E-state index is -0.493. The highest BCUT2D eigenvalue weighted by Gasteiger charge is 2.37. The molecule has 2 saturated heterocycles. The lowest BCUT2D eigenvalue weighted by atomic mass is 9.76. The molecule has 3 aliphatic rings. The van der Waals surface area contributed by atoms with Crippen LogP contribution >= 0.6 is 43.5 Å². The summed E-state index contributed by atoms with van der Waals surface area (Å²) in [6.45, 7) is 8.49. The van der Waals surface area contributed by atoms with E-state index in [1.807, 2.05) is 33.0 Å². The molecular formula is C31H38Br2ClN3O3. The monoisotopic (exact) mass is 694 g/mol. The summed E-state index contributed by atoms with van der Waals surface area (Å²) in [5.41, 5.74) is 4.54. The van der Waals surface area contributed by atoms with Crippen LogP contribution in [0.15, 0.2) is 33.3 Å². The Morgan fingerprint density at radius 1 is 0.975 bits per heavy atom. The third kappa shape index (κ3) is 6.87. The average Bonchev–Trinajstić information content (AvgIpc) is 3.05. The largest absolute Gasteiger partial charge is 0.444 e. The number of carbonyl (C=O) groups excluding carboxylic acids is 2. The zero-order valence-electron chi connectivity index (χ0n) is 23.5. The standard InChI is InChI=1S/C31H38Br2ClN3O3/c1-31(2,3)40-30(39)37-10-6-19(7-11-37)14-26(38)36-12-8-20(9-13-36)28-27-21(16-24(34)17-25(27)33)4-5-22-15-23(32)18-35-29(22)28/h15-20,28H,4-14H2,1-3H3/t28-/m1/s1/i26+1. The van der Waals surface area contributed by atoms with Crippen molar-refractivity contribution in [2.24, 2.45) is 11.8 Å². The number of aromatic nitrogens is 1. The van der Waals surface area contributed by atoms with Gasteiger partial charge in [-0.25, -0.2) is 4.79 Å². The Bertz CT molecular complexity index is 1270. The van der Waals surface area contributed by atoms with Gasteiger partial charge in [0.2, 0.25) is 5.91 Å². The van der Waals surface area contributed by atoms with Crippen LogP contribution in [0.2, 0.25) is 5.02 Å². The Labute approximate surface area is 259 Å². The van der Waals surface area contributed by atoms with E-state index in [4.69, 9.17) is 21.3 Å². The second kappa shape index (κ2) is 12.3. The summed E-state index contributed by atoms with van der Waals surface area (Å²) < 4.78 is 7.57. The SMILES string of the molecule is CC(C)(C)OC(=O)N1CCC(C[13C](=O)N2CCC([C@H]3c4ncc(Br)cc4CCc4cc(Cl)cc(Br)c43)CC2)CC1. The third-order valence-corrected chi connectivity index (χ3v) is 9.82. The molecule has 1 aliphatic carbocycles. The molecule has 0 N–H and O–H groups in total. The number of benzene rings is 1. The van der Waals surface area contributed by atoms with Crippen molar-refractivity contribution in [1.82, 2.24) is 14.8 Å². The van der Waals surface area contributed by atoms with Crippen LogP contribution in [0.5, 0.6) is 0 Å². The van der Waals surface area contributed by atoms with Gasteiger partial charge in [-0.1, -0.05) is 27.5 Å². The van der Waals surface area contributed by atoms with E-state index < -0.39 is 5.60 Å². The summed E-state index contributed by atoms with van der Waals surface area (Å²) in [7, 11) is 0. The number of carbonyl (C=O) groups is 2. The second-order valence-electron chi connectivity index (χ2n) is 12.5. The Kier molecular flexibility index (Phi) is 9.18. The molecule has 2 aliphatic heterocycles. The molecule has 0 spiro atoms. The number of hydrogen-bond donors (Lipinski definition) is 0. The number of fused-ring (bicyclic) bond motifs is 2. The van der Waals surface area contributed by atoms with E-state index >= 15 is 0 Å². The molecule has 2 aromatic rings. The Morgan fingerprint density at radius 3 is 2.30 bits per heavy atom. The topological polar surface area (TPSA) is 62.7 Å². The van der Waals surface area contributed by atoms with Gasteiger partial charge in [-0.3, -0.25) is 9.78 Å². The number of ether oxygens (including phenoxy) is 1. The fourth-order valence-corrected chi connectivity index (χ4v) is 8.03. The molecule has 40 heavy (non-hydrogen) atoms. The maximum atomic E-state index is 13.3. The minimum Gasteiger partial charge on any atom is -0.444 e. The van der Waals surface area contributed by atoms with Gasteiger partial charge in [-0.15, -0.1) is 0 Å². The highest BCUT2D eigenvalue weighted by atomic mass is 79.9. The van der Waals surface area contributed by atoms with Crippen LogP contribution in [0.25, 0.3) is 0 Å². The lowest BCUT2D eigenvalue weighted by Crippen LogP contribution is -2.44. The predicted octanol–water partition coefficient (Wildman–Crippen LogP) is 7.77. The molecular weight excluding hydrogens is 659 g/mol. The van der Waals surface area contributed by atoms with Crippen LogP contribution in [0.4, 0.5) is 4.79 Å². The third-order valence-electron chi connectivity index (χ3n) is 8.51. The predicted molar refractivity (Wildman–Crippen MR) is 165 cm³/mol. The molecule has 1 atom stereocenters. The van der Waals surface area contributed by atoms with Crippen LogP contribution in [0.1, 0.15) is 81.2 Å². The van der Waals surface area contributed by atoms with E-state index in [0.29, 0.717) is 31.3 Å². The number of halogens is 3. The summed E-state index contributed by atoms with van der Waals surface area (Å²) in [6.07, 6.45) is 7.65. The molecule has 1 aromatic heterocycles. The van der Waals surface area contributed by atoms with Gasteiger partial charge in [0.25, 0.3) is 0 Å². The molecule has 9 heteroatoms. The van der Waals surface area contributed by atoms with Crippen molar-refractivity contribution in [2.45, 2.75) is 77.2 Å². The molecule has 0 saturated carbocycles. The molecule has 216 valence electrons. The van der Waals surface area contributed by atoms with Crippen molar-refractivity contribution in [3.05, 3.63) is 60.7 Å². The highest BCUT2D eigenvalue weighted by molar-refractivity contribution is 9.10. The number of amides is 2. The van der Waals surface area contributed by atoms with Gasteiger partial charge < -0.3 is 14.5 Å². The van der Waals surface area contributed by atoms with Crippen molar-refractivity contribution in [3.63, 3.8) is 0 Å². The summed E-state index contributed by atoms with van der Waals surface area (Å²) in [4.78, 5) is 34.5. The van der Waals surface area contributed by atoms with Gasteiger partial charge in [-0.2, -0.15) is 0 Å². The van der Waals surface area contributed by atoms with E-state index in [-0.39, 0.29) is 17.9 Å². The Morgan fingerprint density at radius 2 is 1.62 bits per heavy atom. The number of pyridine rings is 1. The molecule has 6 nitrogen and oxygen atoms in total. The maximum absolute atomic E-state index is 13.3. The molecule has 3 heterocycles. The first kappa shape index (κ1) is 29.8. The lowest BCUT2D eigenvalue weighted by Gasteiger charge is -2.38. The van der Waals surface area contributed by atoms with Gasteiger partial charge in [0, 0.05) is 58.7 Å². The van der Waals surface area contributed by atoms with Gasteiger partial charge in [0.1, 0.15) is 5.60 Å². The quantitative estimate of drug-likeness (QED) is 0.308. The molecule has 2 amide bonds. The first-order valence-corrected chi connectivity index (χ1v) is 16.3. The van der Waals surface area contributed by atoms with Crippen LogP contribution in [0.3, 0.4) is 0 Å². The second-order valence-corrected chi connectivity index (χ2v) is 14.7. The maximum Gasteiger partial charge on any atom is 0.410 e. The van der Waals surface area contributed by atoms with E-state index in [9.17, 15) is 9.59 Å². The number of aryl methyl sites for hydroxylation is 2. The number of hydrogen-bond acceptors (Lipinski definition) is 4. The molecule has 1 aromatic carbocycles. The van der Waals surface area contributed by atoms with Crippen molar-refractivity contribution < 1.29 is 14.3 Å². The van der Waals surface area contributed by atoms with Crippen molar-refractivity contribution in [1.29, 1.82) is 0 Å². The number of likely N-dealkylation sites (tertiary alicyclic amines) is 2. The van der Waals surface area contributed by atoms with Gasteiger partial charge in [0.15, 0.2) is 0 Å². The highest BCUT2D eigenvalue weighted by Crippen LogP contribution is 2.46. The molecule has 2 fully saturated rings. The Balaban J connectivity index is 1.23. The normalized spacial score (nSPS) is 20.5. The van der Waals surface area contributed by atoms with Crippen molar-refractivity contribution in [2.75, 3.05) is 26.2 Å². The smallest absolute Gasteiger partial charge is 0.410 e. The number of rotatable bonds is 3. The zero-order chi connectivity index (χ0) is 28.6. The number of nitrogens with zero attached hydrogens (tertiary/aromatic N) is 3. The summed E-state index contributed by atoms with van der Waals surface area (Å²) in [6, 6.07) is 6.33. The fraction of sp³-hybridized carbons (Fsp3) is 0.581. The van der Waals surface area contributed by atoms with Crippen molar-refractivity contribution >= 4 is 55.5 Å². The van der Waals surface area contributed by atoms with Crippen LogP contribution in [-0.2, 0) is 22.4 Å².